The van der Waals surface area contributed by atoms with E-state index in [2.05, 4.69) is 21.8 Å². The first kappa shape index (κ1) is 16.8. The number of rotatable bonds is 5. The predicted molar refractivity (Wildman–Crippen MR) is 90.5 cm³/mol. The van der Waals surface area contributed by atoms with E-state index in [4.69, 9.17) is 0 Å². The number of nitrogens with zero attached hydrogens (tertiary/aromatic N) is 2. The van der Waals surface area contributed by atoms with E-state index >= 15 is 0 Å². The summed E-state index contributed by atoms with van der Waals surface area (Å²) in [5.74, 6) is 0.320. The molecule has 1 aromatic rings. The van der Waals surface area contributed by atoms with E-state index in [9.17, 15) is 13.2 Å². The number of amides is 1. The van der Waals surface area contributed by atoms with Crippen molar-refractivity contribution in [3.05, 3.63) is 11.4 Å². The monoisotopic (exact) mass is 357 g/mol. The summed E-state index contributed by atoms with van der Waals surface area (Å²) in [7, 11) is -3.02. The molecule has 1 atom stereocenters. The van der Waals surface area contributed by atoms with Crippen LogP contribution in [0, 0.1) is 13.8 Å². The molecule has 2 heterocycles. The van der Waals surface area contributed by atoms with Crippen LogP contribution < -0.4 is 5.32 Å². The van der Waals surface area contributed by atoms with Gasteiger partial charge in [0.05, 0.1) is 28.5 Å². The summed E-state index contributed by atoms with van der Waals surface area (Å²) >= 11 is 1.43. The Labute approximate surface area is 141 Å². The quantitative estimate of drug-likeness (QED) is 0.810. The molecule has 1 N–H and O–H groups in total. The molecular weight excluding hydrogens is 334 g/mol. The minimum absolute atomic E-state index is 0.0331. The van der Waals surface area contributed by atoms with Gasteiger partial charge in [-0.15, -0.1) is 0 Å². The number of aromatic nitrogens is 2. The van der Waals surface area contributed by atoms with Gasteiger partial charge in [0.25, 0.3) is 0 Å². The van der Waals surface area contributed by atoms with Crippen molar-refractivity contribution in [2.24, 2.45) is 0 Å². The van der Waals surface area contributed by atoms with Gasteiger partial charge in [-0.3, -0.25) is 4.79 Å². The fraction of sp³-hybridized carbons (Fsp3) is 0.733. The van der Waals surface area contributed by atoms with Crippen molar-refractivity contribution in [3.8, 4) is 0 Å². The number of nitrogens with one attached hydrogen (secondary N) is 1. The van der Waals surface area contributed by atoms with Crippen molar-refractivity contribution < 1.29 is 13.2 Å². The summed E-state index contributed by atoms with van der Waals surface area (Å²) < 4.78 is 25.4. The number of carbonyl (C=O) groups excluding carboxylic acids is 1. The second-order valence-corrected chi connectivity index (χ2v) is 10.0. The third-order valence-electron chi connectivity index (χ3n) is 4.54. The average molecular weight is 358 g/mol. The lowest BCUT2D eigenvalue weighted by molar-refractivity contribution is -0.120. The lowest BCUT2D eigenvalue weighted by Crippen LogP contribution is -2.47. The number of imidazole rings is 1. The number of aryl methyl sites for hydroxylation is 1. The van der Waals surface area contributed by atoms with Gasteiger partial charge >= 0.3 is 0 Å². The number of hydrogen-bond acceptors (Lipinski definition) is 5. The molecule has 0 spiro atoms. The third kappa shape index (κ3) is 3.74. The fourth-order valence-electron chi connectivity index (χ4n) is 3.07. The largest absolute Gasteiger partial charge is 0.349 e. The van der Waals surface area contributed by atoms with Gasteiger partial charge in [-0.25, -0.2) is 13.4 Å². The highest BCUT2D eigenvalue weighted by molar-refractivity contribution is 7.99. The van der Waals surface area contributed by atoms with E-state index < -0.39 is 15.4 Å². The Morgan fingerprint density at radius 3 is 2.70 bits per heavy atom. The number of hydrogen-bond donors (Lipinski definition) is 1. The Morgan fingerprint density at radius 2 is 2.13 bits per heavy atom. The van der Waals surface area contributed by atoms with Gasteiger partial charge in [-0.2, -0.15) is 0 Å². The smallest absolute Gasteiger partial charge is 0.230 e. The maximum Gasteiger partial charge on any atom is 0.230 e. The Bertz CT molecular complexity index is 737. The minimum Gasteiger partial charge on any atom is -0.349 e. The topological polar surface area (TPSA) is 81.1 Å². The van der Waals surface area contributed by atoms with Gasteiger partial charge in [0.2, 0.25) is 5.91 Å². The Balaban J connectivity index is 1.61. The molecule has 23 heavy (non-hydrogen) atoms. The molecule has 1 aromatic heterocycles. The average Bonchev–Trinajstić information content (AvgIpc) is 3.17. The summed E-state index contributed by atoms with van der Waals surface area (Å²) in [4.78, 5) is 16.8. The molecule has 1 saturated heterocycles. The van der Waals surface area contributed by atoms with Gasteiger partial charge in [-0.1, -0.05) is 11.8 Å². The van der Waals surface area contributed by atoms with Gasteiger partial charge in [0.1, 0.15) is 0 Å². The maximum absolute atomic E-state index is 12.2. The third-order valence-corrected chi connectivity index (χ3v) is 7.40. The van der Waals surface area contributed by atoms with E-state index in [-0.39, 0.29) is 23.2 Å². The van der Waals surface area contributed by atoms with Crippen LogP contribution in [0.25, 0.3) is 0 Å². The zero-order chi connectivity index (χ0) is 16.8. The molecule has 1 amide bonds. The summed E-state index contributed by atoms with van der Waals surface area (Å²) in [6.45, 7) is 5.86. The SMILES string of the molecule is Cc1nc(SCC(=O)N[C@@]2(C)CCS(=O)(=O)C2)n(C2CC2)c1C. The first-order valence-electron chi connectivity index (χ1n) is 7.89. The predicted octanol–water partition coefficient (Wildman–Crippen LogP) is 1.62. The standard InChI is InChI=1S/C15H23N3O3S2/c1-10-11(2)18(12-4-5-12)14(16-10)22-8-13(19)17-15(3)6-7-23(20,21)9-15/h12H,4-9H2,1-3H3,(H,17,19)/t15-/m0/s1. The van der Waals surface area contributed by atoms with Crippen LogP contribution in [-0.2, 0) is 14.6 Å². The molecule has 3 rings (SSSR count). The summed E-state index contributed by atoms with van der Waals surface area (Å²) in [6.07, 6.45) is 2.83. The number of thioether (sulfide) groups is 1. The molecule has 0 radical (unpaired) electrons. The summed E-state index contributed by atoms with van der Waals surface area (Å²) in [5.41, 5.74) is 1.55. The number of sulfone groups is 1. The van der Waals surface area contributed by atoms with Gasteiger partial charge in [0.15, 0.2) is 15.0 Å². The van der Waals surface area contributed by atoms with Crippen molar-refractivity contribution in [1.29, 1.82) is 0 Å². The van der Waals surface area contributed by atoms with Gasteiger partial charge in [-0.05, 0) is 40.0 Å². The second kappa shape index (κ2) is 5.81. The van der Waals surface area contributed by atoms with E-state index in [1.807, 2.05) is 6.92 Å². The minimum atomic E-state index is -3.02. The van der Waals surface area contributed by atoms with Crippen LogP contribution in [0.3, 0.4) is 0 Å². The van der Waals surface area contributed by atoms with Gasteiger partial charge < -0.3 is 9.88 Å². The van der Waals surface area contributed by atoms with Gasteiger partial charge in [0, 0.05) is 11.7 Å². The van der Waals surface area contributed by atoms with Crippen LogP contribution >= 0.6 is 11.8 Å². The van der Waals surface area contributed by atoms with Crippen molar-refractivity contribution in [1.82, 2.24) is 14.9 Å². The molecule has 0 bridgehead atoms. The van der Waals surface area contributed by atoms with E-state index in [1.54, 1.807) is 6.92 Å². The molecule has 0 aromatic carbocycles. The molecule has 2 fully saturated rings. The maximum atomic E-state index is 12.2. The molecule has 1 aliphatic carbocycles. The number of carbonyl (C=O) groups is 1. The Hall–Kier alpha value is -1.02. The van der Waals surface area contributed by atoms with E-state index in [0.717, 1.165) is 10.9 Å². The molecule has 0 unspecified atom stereocenters. The first-order valence-corrected chi connectivity index (χ1v) is 10.7. The lowest BCUT2D eigenvalue weighted by Gasteiger charge is -2.23. The Kier molecular flexibility index (Phi) is 4.25. The van der Waals surface area contributed by atoms with Crippen molar-refractivity contribution in [2.45, 2.75) is 56.8 Å². The highest BCUT2D eigenvalue weighted by atomic mass is 32.2. The van der Waals surface area contributed by atoms with Crippen LogP contribution in [0.4, 0.5) is 0 Å². The zero-order valence-electron chi connectivity index (χ0n) is 13.8. The van der Waals surface area contributed by atoms with Crippen molar-refractivity contribution in [3.63, 3.8) is 0 Å². The summed E-state index contributed by atoms with van der Waals surface area (Å²) in [6, 6.07) is 0.527. The van der Waals surface area contributed by atoms with Crippen LogP contribution in [0.1, 0.15) is 43.6 Å². The molecular formula is C15H23N3O3S2. The fourth-order valence-corrected chi connectivity index (χ4v) is 6.12. The van der Waals surface area contributed by atoms with Crippen molar-refractivity contribution in [2.75, 3.05) is 17.3 Å². The van der Waals surface area contributed by atoms with Crippen LogP contribution in [0.15, 0.2) is 5.16 Å². The highest BCUT2D eigenvalue weighted by Crippen LogP contribution is 2.39. The van der Waals surface area contributed by atoms with Crippen LogP contribution in [-0.4, -0.2) is 46.7 Å². The summed E-state index contributed by atoms with van der Waals surface area (Å²) in [5, 5.41) is 3.78. The molecule has 8 heteroatoms. The van der Waals surface area contributed by atoms with Crippen LogP contribution in [0.2, 0.25) is 0 Å². The highest BCUT2D eigenvalue weighted by Gasteiger charge is 2.39. The lowest BCUT2D eigenvalue weighted by atomic mass is 10.0. The van der Waals surface area contributed by atoms with Crippen molar-refractivity contribution >= 4 is 27.5 Å². The Morgan fingerprint density at radius 1 is 1.43 bits per heavy atom. The zero-order valence-corrected chi connectivity index (χ0v) is 15.4. The molecule has 128 valence electrons. The van der Waals surface area contributed by atoms with E-state index in [0.29, 0.717) is 12.5 Å². The second-order valence-electron chi connectivity index (χ2n) is 6.91. The normalized spacial score (nSPS) is 26.4. The molecule has 1 aliphatic heterocycles. The first-order chi connectivity index (χ1) is 10.7. The molecule has 1 saturated carbocycles. The van der Waals surface area contributed by atoms with Crippen LogP contribution in [0.5, 0.6) is 0 Å². The van der Waals surface area contributed by atoms with E-state index in [1.165, 1.54) is 30.3 Å². The molecule has 6 nitrogen and oxygen atoms in total. The molecule has 2 aliphatic rings.